The van der Waals surface area contributed by atoms with E-state index >= 15 is 0 Å². The summed E-state index contributed by atoms with van der Waals surface area (Å²) in [7, 11) is 4.31. The van der Waals surface area contributed by atoms with Crippen LogP contribution in [0.2, 0.25) is 0 Å². The van der Waals surface area contributed by atoms with Crippen LogP contribution >= 0.6 is 0 Å². The van der Waals surface area contributed by atoms with Crippen molar-refractivity contribution >= 4 is 0 Å². The normalized spacial score (nSPS) is 13.9. The van der Waals surface area contributed by atoms with Gasteiger partial charge in [-0.15, -0.1) is 0 Å². The minimum absolute atomic E-state index is 0.756. The summed E-state index contributed by atoms with van der Waals surface area (Å²) in [6.45, 7) is 4.56. The molecule has 0 aliphatic carbocycles. The molecule has 0 aromatic carbocycles. The van der Waals surface area contributed by atoms with Crippen molar-refractivity contribution < 1.29 is 0 Å². The first-order chi connectivity index (χ1) is 5.18. The topological polar surface area (TPSA) is 3.24 Å². The molecule has 0 aliphatic heterocycles. The van der Waals surface area contributed by atoms with E-state index in [2.05, 4.69) is 32.8 Å². The largest absolute Gasteiger partial charge is 0.307 e. The molecule has 0 fully saturated rings. The second-order valence-corrected chi connectivity index (χ2v) is 3.66. The lowest BCUT2D eigenvalue weighted by molar-refractivity contribution is 0.291. The molecule has 68 valence electrons. The molecule has 0 saturated carbocycles. The number of unbranched alkanes of at least 4 members (excludes halogenated alkanes) is 3. The second-order valence-electron chi connectivity index (χ2n) is 3.66. The van der Waals surface area contributed by atoms with Gasteiger partial charge in [0.15, 0.2) is 0 Å². The van der Waals surface area contributed by atoms with E-state index in [9.17, 15) is 0 Å². The highest BCUT2D eigenvalue weighted by molar-refractivity contribution is 4.58. The Balaban J connectivity index is 3.10. The van der Waals surface area contributed by atoms with Crippen LogP contribution in [0.25, 0.3) is 0 Å². The SMILES string of the molecule is CCCCCCC(C)N(C)C. The maximum absolute atomic E-state index is 2.30. The minimum Gasteiger partial charge on any atom is -0.307 e. The predicted molar refractivity (Wildman–Crippen MR) is 51.9 cm³/mol. The summed E-state index contributed by atoms with van der Waals surface area (Å²) < 4.78 is 0. The highest BCUT2D eigenvalue weighted by Gasteiger charge is 2.02. The van der Waals surface area contributed by atoms with Crippen LogP contribution in [0, 0.1) is 0 Å². The Labute approximate surface area is 71.8 Å². The maximum atomic E-state index is 2.30. The van der Waals surface area contributed by atoms with E-state index in [-0.39, 0.29) is 0 Å². The first-order valence-electron chi connectivity index (χ1n) is 4.85. The van der Waals surface area contributed by atoms with E-state index in [4.69, 9.17) is 0 Å². The molecule has 0 N–H and O–H groups in total. The zero-order valence-electron chi connectivity index (χ0n) is 8.56. The predicted octanol–water partition coefficient (Wildman–Crippen LogP) is 2.91. The van der Waals surface area contributed by atoms with Gasteiger partial charge < -0.3 is 4.90 Å². The zero-order chi connectivity index (χ0) is 8.69. The van der Waals surface area contributed by atoms with Gasteiger partial charge in [-0.05, 0) is 27.4 Å². The quantitative estimate of drug-likeness (QED) is 0.536. The van der Waals surface area contributed by atoms with Crippen LogP contribution in [-0.2, 0) is 0 Å². The molecule has 0 heterocycles. The molecule has 0 rings (SSSR count). The summed E-state index contributed by atoms with van der Waals surface area (Å²) in [5, 5.41) is 0. The van der Waals surface area contributed by atoms with Crippen molar-refractivity contribution in [1.82, 2.24) is 4.90 Å². The zero-order valence-corrected chi connectivity index (χ0v) is 8.56. The molecule has 0 saturated heterocycles. The third-order valence-electron chi connectivity index (χ3n) is 2.36. The summed E-state index contributed by atoms with van der Waals surface area (Å²) in [5.41, 5.74) is 0. The Bertz CT molecular complexity index is 78.9. The summed E-state index contributed by atoms with van der Waals surface area (Å²) in [6, 6.07) is 0.756. The lowest BCUT2D eigenvalue weighted by Gasteiger charge is -2.19. The van der Waals surface area contributed by atoms with E-state index in [0.717, 1.165) is 6.04 Å². The van der Waals surface area contributed by atoms with Gasteiger partial charge in [-0.3, -0.25) is 0 Å². The molecule has 0 aromatic heterocycles. The van der Waals surface area contributed by atoms with E-state index in [0.29, 0.717) is 0 Å². The standard InChI is InChI=1S/C10H23N/c1-5-6-7-8-9-10(2)11(3)4/h10H,5-9H2,1-4H3. The Morgan fingerprint density at radius 1 is 1.09 bits per heavy atom. The summed E-state index contributed by atoms with van der Waals surface area (Å²) in [6.07, 6.45) is 6.91. The van der Waals surface area contributed by atoms with Crippen molar-refractivity contribution in [1.29, 1.82) is 0 Å². The van der Waals surface area contributed by atoms with Crippen LogP contribution in [0.3, 0.4) is 0 Å². The molecule has 0 amide bonds. The lowest BCUT2D eigenvalue weighted by atomic mass is 10.1. The summed E-state index contributed by atoms with van der Waals surface area (Å²) in [4.78, 5) is 2.30. The highest BCUT2D eigenvalue weighted by atomic mass is 15.1. The van der Waals surface area contributed by atoms with Crippen LogP contribution in [0.4, 0.5) is 0 Å². The number of hydrogen-bond donors (Lipinski definition) is 0. The van der Waals surface area contributed by atoms with Gasteiger partial charge in [-0.2, -0.15) is 0 Å². The molecule has 1 nitrogen and oxygen atoms in total. The molecular formula is C10H23N. The van der Waals surface area contributed by atoms with Crippen LogP contribution in [-0.4, -0.2) is 25.0 Å². The second kappa shape index (κ2) is 6.66. The number of hydrogen-bond acceptors (Lipinski definition) is 1. The molecule has 1 atom stereocenters. The van der Waals surface area contributed by atoms with Crippen LogP contribution in [0.1, 0.15) is 46.0 Å². The molecule has 0 spiro atoms. The molecule has 1 heteroatoms. The fourth-order valence-electron chi connectivity index (χ4n) is 1.12. The van der Waals surface area contributed by atoms with Crippen molar-refractivity contribution in [2.45, 2.75) is 52.0 Å². The minimum atomic E-state index is 0.756. The fraction of sp³-hybridized carbons (Fsp3) is 1.00. The van der Waals surface area contributed by atoms with Crippen molar-refractivity contribution in [3.05, 3.63) is 0 Å². The van der Waals surface area contributed by atoms with E-state index in [1.54, 1.807) is 0 Å². The van der Waals surface area contributed by atoms with Crippen molar-refractivity contribution in [3.63, 3.8) is 0 Å². The van der Waals surface area contributed by atoms with Gasteiger partial charge in [-0.25, -0.2) is 0 Å². The van der Waals surface area contributed by atoms with Gasteiger partial charge in [0.05, 0.1) is 0 Å². The van der Waals surface area contributed by atoms with Crippen molar-refractivity contribution in [2.24, 2.45) is 0 Å². The third kappa shape index (κ3) is 6.36. The smallest absolute Gasteiger partial charge is 0.00608 e. The average Bonchev–Trinajstić information content (AvgIpc) is 1.97. The summed E-state index contributed by atoms with van der Waals surface area (Å²) in [5.74, 6) is 0. The van der Waals surface area contributed by atoms with Gasteiger partial charge in [0.25, 0.3) is 0 Å². The van der Waals surface area contributed by atoms with E-state index in [1.807, 2.05) is 0 Å². The average molecular weight is 157 g/mol. The Morgan fingerprint density at radius 2 is 1.73 bits per heavy atom. The van der Waals surface area contributed by atoms with Gasteiger partial charge in [0.2, 0.25) is 0 Å². The third-order valence-corrected chi connectivity index (χ3v) is 2.36. The van der Waals surface area contributed by atoms with Gasteiger partial charge >= 0.3 is 0 Å². The van der Waals surface area contributed by atoms with Crippen molar-refractivity contribution in [3.8, 4) is 0 Å². The molecular weight excluding hydrogens is 134 g/mol. The van der Waals surface area contributed by atoms with E-state index < -0.39 is 0 Å². The molecule has 1 unspecified atom stereocenters. The molecule has 0 bridgehead atoms. The van der Waals surface area contributed by atoms with Crippen LogP contribution in [0.15, 0.2) is 0 Å². The molecule has 11 heavy (non-hydrogen) atoms. The van der Waals surface area contributed by atoms with Gasteiger partial charge in [0.1, 0.15) is 0 Å². The lowest BCUT2D eigenvalue weighted by Crippen LogP contribution is -2.24. The number of nitrogens with zero attached hydrogens (tertiary/aromatic N) is 1. The van der Waals surface area contributed by atoms with Gasteiger partial charge in [-0.1, -0.05) is 32.6 Å². The first-order valence-corrected chi connectivity index (χ1v) is 4.85. The Kier molecular flexibility index (Phi) is 6.63. The monoisotopic (exact) mass is 157 g/mol. The molecule has 0 aliphatic rings. The molecule has 0 radical (unpaired) electrons. The maximum Gasteiger partial charge on any atom is 0.00608 e. The molecule has 0 aromatic rings. The highest BCUT2D eigenvalue weighted by Crippen LogP contribution is 2.07. The van der Waals surface area contributed by atoms with E-state index in [1.165, 1.54) is 32.1 Å². The summed E-state index contributed by atoms with van der Waals surface area (Å²) >= 11 is 0. The first kappa shape index (κ1) is 11.0. The van der Waals surface area contributed by atoms with Gasteiger partial charge in [0, 0.05) is 6.04 Å². The van der Waals surface area contributed by atoms with Crippen LogP contribution in [0.5, 0.6) is 0 Å². The number of rotatable bonds is 6. The fourth-order valence-corrected chi connectivity index (χ4v) is 1.12. The van der Waals surface area contributed by atoms with Crippen LogP contribution < -0.4 is 0 Å². The Hall–Kier alpha value is -0.0400. The van der Waals surface area contributed by atoms with Crippen molar-refractivity contribution in [2.75, 3.05) is 14.1 Å². The Morgan fingerprint density at radius 3 is 2.18 bits per heavy atom.